The van der Waals surface area contributed by atoms with Gasteiger partial charge in [0.05, 0.1) is 11.7 Å². The van der Waals surface area contributed by atoms with Crippen LogP contribution in [0.1, 0.15) is 69.5 Å². The van der Waals surface area contributed by atoms with Crippen LogP contribution in [-0.2, 0) is 6.54 Å². The molecular weight excluding hydrogens is 278 g/mol. The van der Waals surface area contributed by atoms with Crippen LogP contribution in [0.3, 0.4) is 0 Å². The first-order valence-corrected chi connectivity index (χ1v) is 9.94. The highest BCUT2D eigenvalue weighted by molar-refractivity contribution is 7.99. The first kappa shape index (κ1) is 15.4. The van der Waals surface area contributed by atoms with Crippen molar-refractivity contribution in [2.24, 2.45) is 0 Å². The van der Waals surface area contributed by atoms with Crippen LogP contribution >= 0.6 is 11.8 Å². The largest absolute Gasteiger partial charge is 0.308 e. The Morgan fingerprint density at radius 3 is 2.62 bits per heavy atom. The van der Waals surface area contributed by atoms with E-state index in [9.17, 15) is 0 Å². The van der Waals surface area contributed by atoms with Gasteiger partial charge in [-0.15, -0.1) is 0 Å². The lowest BCUT2D eigenvalue weighted by atomic mass is 9.95. The predicted molar refractivity (Wildman–Crippen MR) is 90.7 cm³/mol. The molecule has 3 rings (SSSR count). The van der Waals surface area contributed by atoms with Crippen molar-refractivity contribution in [2.45, 2.75) is 81.7 Å². The van der Waals surface area contributed by atoms with Gasteiger partial charge in [0.1, 0.15) is 0 Å². The molecule has 1 N–H and O–H groups in total. The lowest BCUT2D eigenvalue weighted by molar-refractivity contribution is 0.326. The van der Waals surface area contributed by atoms with E-state index in [0.29, 0.717) is 12.1 Å². The Morgan fingerprint density at radius 2 is 1.90 bits per heavy atom. The Balaban J connectivity index is 1.44. The van der Waals surface area contributed by atoms with E-state index in [0.717, 1.165) is 11.8 Å². The molecule has 2 saturated carbocycles. The summed E-state index contributed by atoms with van der Waals surface area (Å²) in [7, 11) is 0. The van der Waals surface area contributed by atoms with Gasteiger partial charge < -0.3 is 5.32 Å². The van der Waals surface area contributed by atoms with E-state index in [-0.39, 0.29) is 0 Å². The van der Waals surface area contributed by atoms with Gasteiger partial charge in [-0.25, -0.2) is 0 Å². The van der Waals surface area contributed by atoms with Crippen molar-refractivity contribution >= 4 is 11.8 Å². The second-order valence-electron chi connectivity index (χ2n) is 6.67. The highest BCUT2D eigenvalue weighted by atomic mass is 32.2. The zero-order valence-electron chi connectivity index (χ0n) is 13.3. The molecule has 0 amide bonds. The number of hydrogen-bond acceptors (Lipinski definition) is 3. The normalized spacial score (nSPS) is 27.9. The van der Waals surface area contributed by atoms with Gasteiger partial charge in [-0.05, 0) is 50.8 Å². The topological polar surface area (TPSA) is 29.9 Å². The Labute approximate surface area is 133 Å². The second-order valence-corrected chi connectivity index (χ2v) is 7.81. The van der Waals surface area contributed by atoms with E-state index in [1.165, 1.54) is 63.5 Å². The number of aromatic nitrogens is 2. The molecule has 2 fully saturated rings. The molecule has 2 aliphatic rings. The van der Waals surface area contributed by atoms with Gasteiger partial charge in [0, 0.05) is 24.0 Å². The average molecular weight is 308 g/mol. The van der Waals surface area contributed by atoms with Crippen molar-refractivity contribution in [1.29, 1.82) is 0 Å². The van der Waals surface area contributed by atoms with E-state index < -0.39 is 0 Å². The summed E-state index contributed by atoms with van der Waals surface area (Å²) in [6.45, 7) is 0.939. The Kier molecular flexibility index (Phi) is 5.64. The number of hydrogen-bond donors (Lipinski definition) is 1. The van der Waals surface area contributed by atoms with E-state index >= 15 is 0 Å². The molecule has 118 valence electrons. The fourth-order valence-corrected chi connectivity index (χ4v) is 4.52. The molecule has 0 bridgehead atoms. The number of nitrogens with one attached hydrogen (secondary N) is 1. The summed E-state index contributed by atoms with van der Waals surface area (Å²) in [5, 5.41) is 9.41. The summed E-state index contributed by atoms with van der Waals surface area (Å²) >= 11 is 2.04. The van der Waals surface area contributed by atoms with Gasteiger partial charge in [0.2, 0.25) is 0 Å². The molecule has 0 aliphatic heterocycles. The molecule has 1 heterocycles. The Morgan fingerprint density at radius 1 is 1.14 bits per heavy atom. The van der Waals surface area contributed by atoms with Crippen molar-refractivity contribution in [2.75, 3.05) is 6.26 Å². The van der Waals surface area contributed by atoms with Crippen LogP contribution in [0.4, 0.5) is 0 Å². The molecule has 2 aliphatic carbocycles. The smallest absolute Gasteiger partial charge is 0.0762 e. The second kappa shape index (κ2) is 7.68. The minimum Gasteiger partial charge on any atom is -0.308 e. The van der Waals surface area contributed by atoms with Gasteiger partial charge in [-0.2, -0.15) is 16.9 Å². The SMILES string of the molecule is CSC1CCC(NCc2ccn(C3CCCCC3)n2)CC1. The van der Waals surface area contributed by atoms with Crippen LogP contribution in [-0.4, -0.2) is 27.3 Å². The van der Waals surface area contributed by atoms with E-state index in [1.54, 1.807) is 0 Å². The van der Waals surface area contributed by atoms with Crippen LogP contribution in [0.5, 0.6) is 0 Å². The van der Waals surface area contributed by atoms with Gasteiger partial charge in [-0.1, -0.05) is 19.3 Å². The molecule has 4 heteroatoms. The first-order valence-electron chi connectivity index (χ1n) is 8.65. The third kappa shape index (κ3) is 4.26. The molecular formula is C17H29N3S. The lowest BCUT2D eigenvalue weighted by Gasteiger charge is -2.28. The lowest BCUT2D eigenvalue weighted by Crippen LogP contribution is -2.33. The summed E-state index contributed by atoms with van der Waals surface area (Å²) in [6.07, 6.45) is 16.6. The van der Waals surface area contributed by atoms with Crippen molar-refractivity contribution in [3.8, 4) is 0 Å². The number of rotatable bonds is 5. The fourth-order valence-electron chi connectivity index (χ4n) is 3.77. The molecule has 0 radical (unpaired) electrons. The van der Waals surface area contributed by atoms with Crippen LogP contribution in [0.15, 0.2) is 12.3 Å². The first-order chi connectivity index (χ1) is 10.3. The quantitative estimate of drug-likeness (QED) is 0.886. The van der Waals surface area contributed by atoms with E-state index in [4.69, 9.17) is 5.10 Å². The molecule has 0 saturated heterocycles. The van der Waals surface area contributed by atoms with Gasteiger partial charge in [0.15, 0.2) is 0 Å². The molecule has 3 nitrogen and oxygen atoms in total. The van der Waals surface area contributed by atoms with Gasteiger partial charge in [-0.3, -0.25) is 4.68 Å². The van der Waals surface area contributed by atoms with Gasteiger partial charge in [0.25, 0.3) is 0 Å². The molecule has 0 aromatic carbocycles. The maximum absolute atomic E-state index is 4.80. The van der Waals surface area contributed by atoms with Gasteiger partial charge >= 0.3 is 0 Å². The zero-order valence-corrected chi connectivity index (χ0v) is 14.1. The van der Waals surface area contributed by atoms with Crippen molar-refractivity contribution in [3.63, 3.8) is 0 Å². The molecule has 1 aromatic heterocycles. The predicted octanol–water partition coefficient (Wildman–Crippen LogP) is 4.15. The summed E-state index contributed by atoms with van der Waals surface area (Å²) < 4.78 is 2.22. The Bertz CT molecular complexity index is 417. The molecule has 0 unspecified atom stereocenters. The Hall–Kier alpha value is -0.480. The molecule has 0 atom stereocenters. The zero-order chi connectivity index (χ0) is 14.5. The summed E-state index contributed by atoms with van der Waals surface area (Å²) in [5.74, 6) is 0. The minimum atomic E-state index is 0.657. The third-order valence-corrected chi connectivity index (χ3v) is 6.33. The minimum absolute atomic E-state index is 0.657. The van der Waals surface area contributed by atoms with E-state index in [1.807, 2.05) is 11.8 Å². The maximum Gasteiger partial charge on any atom is 0.0762 e. The monoisotopic (exact) mass is 307 g/mol. The summed E-state index contributed by atoms with van der Waals surface area (Å²) in [5.41, 5.74) is 1.22. The highest BCUT2D eigenvalue weighted by Gasteiger charge is 2.20. The molecule has 1 aromatic rings. The molecule has 0 spiro atoms. The standard InChI is InChI=1S/C17H29N3S/c1-21-17-9-7-14(8-10-17)18-13-15-11-12-20(19-15)16-5-3-2-4-6-16/h11-12,14,16-18H,2-10,13H2,1H3. The summed E-state index contributed by atoms with van der Waals surface area (Å²) in [6, 6.07) is 3.56. The number of nitrogens with zero attached hydrogens (tertiary/aromatic N) is 2. The van der Waals surface area contributed by atoms with Crippen molar-refractivity contribution in [3.05, 3.63) is 18.0 Å². The summed E-state index contributed by atoms with van der Waals surface area (Å²) in [4.78, 5) is 0. The van der Waals surface area contributed by atoms with Crippen LogP contribution in [0, 0.1) is 0 Å². The van der Waals surface area contributed by atoms with Crippen molar-refractivity contribution < 1.29 is 0 Å². The fraction of sp³-hybridized carbons (Fsp3) is 0.824. The molecule has 21 heavy (non-hydrogen) atoms. The van der Waals surface area contributed by atoms with Crippen LogP contribution < -0.4 is 5.32 Å². The highest BCUT2D eigenvalue weighted by Crippen LogP contribution is 2.28. The number of thioether (sulfide) groups is 1. The average Bonchev–Trinajstić information content (AvgIpc) is 3.03. The van der Waals surface area contributed by atoms with Crippen molar-refractivity contribution in [1.82, 2.24) is 15.1 Å². The third-order valence-electron chi connectivity index (χ3n) is 5.19. The van der Waals surface area contributed by atoms with E-state index in [2.05, 4.69) is 28.5 Å². The van der Waals surface area contributed by atoms with Crippen LogP contribution in [0.2, 0.25) is 0 Å². The maximum atomic E-state index is 4.80. The van der Waals surface area contributed by atoms with Crippen LogP contribution in [0.25, 0.3) is 0 Å².